The van der Waals surface area contributed by atoms with E-state index in [1.54, 1.807) is 0 Å². The number of hydrogen-bond acceptors (Lipinski definition) is 0. The third-order valence-electron chi connectivity index (χ3n) is 2.48. The highest BCUT2D eigenvalue weighted by molar-refractivity contribution is 5.32. The Labute approximate surface area is 82.0 Å². The first-order valence-corrected chi connectivity index (χ1v) is 5.03. The molecule has 1 radical (unpaired) electrons. The van der Waals surface area contributed by atoms with Crippen LogP contribution in [0.5, 0.6) is 0 Å². The van der Waals surface area contributed by atoms with E-state index in [1.807, 2.05) is 0 Å². The van der Waals surface area contributed by atoms with Crippen LogP contribution in [-0.4, -0.2) is 0 Å². The molecule has 0 nitrogen and oxygen atoms in total. The van der Waals surface area contributed by atoms with Crippen LogP contribution in [-0.2, 0) is 6.42 Å². The second-order valence-electron chi connectivity index (χ2n) is 3.94. The van der Waals surface area contributed by atoms with E-state index < -0.39 is 0 Å². The van der Waals surface area contributed by atoms with Crippen LogP contribution in [0.1, 0.15) is 42.9 Å². The zero-order valence-corrected chi connectivity index (χ0v) is 8.93. The van der Waals surface area contributed by atoms with Crippen molar-refractivity contribution in [2.24, 2.45) is 0 Å². The van der Waals surface area contributed by atoms with Crippen LogP contribution in [0.3, 0.4) is 0 Å². The largest absolute Gasteiger partial charge is 0.0587 e. The number of benzene rings is 1. The van der Waals surface area contributed by atoms with Gasteiger partial charge in [-0.3, -0.25) is 0 Å². The van der Waals surface area contributed by atoms with Gasteiger partial charge < -0.3 is 0 Å². The molecule has 0 saturated carbocycles. The van der Waals surface area contributed by atoms with E-state index in [0.717, 1.165) is 12.8 Å². The zero-order valence-electron chi connectivity index (χ0n) is 8.93. The predicted molar refractivity (Wildman–Crippen MR) is 58.9 cm³/mol. The maximum absolute atomic E-state index is 3.88. The molecule has 0 aliphatic carbocycles. The van der Waals surface area contributed by atoms with Crippen molar-refractivity contribution in [3.05, 3.63) is 41.8 Å². The molecule has 0 aliphatic rings. The molecule has 0 aliphatic heterocycles. The first-order valence-electron chi connectivity index (χ1n) is 5.03. The summed E-state index contributed by atoms with van der Waals surface area (Å²) < 4.78 is 0. The van der Waals surface area contributed by atoms with Gasteiger partial charge in [-0.25, -0.2) is 0 Å². The standard InChI is InChI=1S/C13H19/c1-5-6-12-7-8-13(10(2)3)9-11(12)4/h7-10H,1,5-6H2,2-4H3. The average Bonchev–Trinajstić information content (AvgIpc) is 2.08. The summed E-state index contributed by atoms with van der Waals surface area (Å²) in [5.74, 6) is 0.632. The molecule has 1 aromatic rings. The fraction of sp³-hybridized carbons (Fsp3) is 0.462. The van der Waals surface area contributed by atoms with E-state index in [2.05, 4.69) is 45.9 Å². The van der Waals surface area contributed by atoms with Gasteiger partial charge >= 0.3 is 0 Å². The quantitative estimate of drug-likeness (QED) is 0.654. The molecule has 0 N–H and O–H groups in total. The smallest absolute Gasteiger partial charge is 0.0219 e. The molecular weight excluding hydrogens is 156 g/mol. The Bertz CT molecular complexity index is 271. The Morgan fingerprint density at radius 1 is 1.31 bits per heavy atom. The summed E-state index contributed by atoms with van der Waals surface area (Å²) in [4.78, 5) is 0. The van der Waals surface area contributed by atoms with Gasteiger partial charge in [0, 0.05) is 0 Å². The molecule has 0 aromatic heterocycles. The molecule has 0 heteroatoms. The molecule has 0 fully saturated rings. The van der Waals surface area contributed by atoms with Gasteiger partial charge in [-0.2, -0.15) is 0 Å². The summed E-state index contributed by atoms with van der Waals surface area (Å²) >= 11 is 0. The van der Waals surface area contributed by atoms with E-state index in [0.29, 0.717) is 5.92 Å². The minimum atomic E-state index is 0.632. The number of rotatable bonds is 3. The second kappa shape index (κ2) is 4.45. The first-order chi connectivity index (χ1) is 6.15. The Balaban J connectivity index is 2.92. The van der Waals surface area contributed by atoms with Crippen molar-refractivity contribution < 1.29 is 0 Å². The SMILES string of the molecule is [CH2]CCc1ccc(C(C)C)cc1C. The topological polar surface area (TPSA) is 0 Å². The highest BCUT2D eigenvalue weighted by Gasteiger charge is 2.01. The normalized spacial score (nSPS) is 10.8. The molecule has 1 aromatic carbocycles. The lowest BCUT2D eigenvalue weighted by atomic mass is 9.96. The maximum Gasteiger partial charge on any atom is -0.0219 e. The minimum absolute atomic E-state index is 0.632. The lowest BCUT2D eigenvalue weighted by Crippen LogP contribution is -1.93. The maximum atomic E-state index is 3.88. The summed E-state index contributed by atoms with van der Waals surface area (Å²) in [6, 6.07) is 6.79. The molecule has 13 heavy (non-hydrogen) atoms. The molecule has 71 valence electrons. The zero-order chi connectivity index (χ0) is 9.84. The van der Waals surface area contributed by atoms with Gasteiger partial charge in [-0.1, -0.05) is 39.0 Å². The van der Waals surface area contributed by atoms with Crippen molar-refractivity contribution in [2.75, 3.05) is 0 Å². The predicted octanol–water partition coefficient (Wildman–Crippen LogP) is 3.89. The van der Waals surface area contributed by atoms with Crippen LogP contribution in [0.25, 0.3) is 0 Å². The van der Waals surface area contributed by atoms with Crippen LogP contribution in [0.4, 0.5) is 0 Å². The van der Waals surface area contributed by atoms with Crippen molar-refractivity contribution in [1.82, 2.24) is 0 Å². The van der Waals surface area contributed by atoms with Gasteiger partial charge in [0.05, 0.1) is 0 Å². The third-order valence-corrected chi connectivity index (χ3v) is 2.48. The van der Waals surface area contributed by atoms with Crippen LogP contribution >= 0.6 is 0 Å². The molecule has 1 rings (SSSR count). The number of hydrogen-bond donors (Lipinski definition) is 0. The first kappa shape index (κ1) is 10.3. The van der Waals surface area contributed by atoms with Crippen LogP contribution in [0, 0.1) is 13.8 Å². The summed E-state index contributed by atoms with van der Waals surface area (Å²) in [6.07, 6.45) is 2.09. The molecule has 0 unspecified atom stereocenters. The molecule has 0 atom stereocenters. The van der Waals surface area contributed by atoms with E-state index in [9.17, 15) is 0 Å². The fourth-order valence-corrected chi connectivity index (χ4v) is 1.55. The molecular formula is C13H19. The fourth-order valence-electron chi connectivity index (χ4n) is 1.55. The van der Waals surface area contributed by atoms with E-state index in [-0.39, 0.29) is 0 Å². The molecule has 0 spiro atoms. The lowest BCUT2D eigenvalue weighted by molar-refractivity contribution is 0.860. The lowest BCUT2D eigenvalue weighted by Gasteiger charge is -2.09. The van der Waals surface area contributed by atoms with E-state index >= 15 is 0 Å². The van der Waals surface area contributed by atoms with Crippen molar-refractivity contribution in [3.8, 4) is 0 Å². The van der Waals surface area contributed by atoms with Crippen molar-refractivity contribution in [3.63, 3.8) is 0 Å². The molecule has 0 heterocycles. The monoisotopic (exact) mass is 175 g/mol. The van der Waals surface area contributed by atoms with Gasteiger partial charge in [0.15, 0.2) is 0 Å². The summed E-state index contributed by atoms with van der Waals surface area (Å²) in [7, 11) is 0. The Morgan fingerprint density at radius 3 is 2.46 bits per heavy atom. The Hall–Kier alpha value is -0.780. The minimum Gasteiger partial charge on any atom is -0.0587 e. The summed E-state index contributed by atoms with van der Waals surface area (Å²) in [5.41, 5.74) is 4.29. The van der Waals surface area contributed by atoms with E-state index in [1.165, 1.54) is 16.7 Å². The number of aryl methyl sites for hydroxylation is 2. The van der Waals surface area contributed by atoms with Crippen LogP contribution < -0.4 is 0 Å². The average molecular weight is 175 g/mol. The molecule has 0 bridgehead atoms. The van der Waals surface area contributed by atoms with Crippen molar-refractivity contribution in [1.29, 1.82) is 0 Å². The van der Waals surface area contributed by atoms with E-state index in [4.69, 9.17) is 0 Å². The highest BCUT2D eigenvalue weighted by atomic mass is 14.1. The Kier molecular flexibility index (Phi) is 3.53. The van der Waals surface area contributed by atoms with Gasteiger partial charge in [0.25, 0.3) is 0 Å². The summed E-state index contributed by atoms with van der Waals surface area (Å²) in [5, 5.41) is 0. The molecule has 0 amide bonds. The van der Waals surface area contributed by atoms with Gasteiger partial charge in [0.1, 0.15) is 0 Å². The van der Waals surface area contributed by atoms with Gasteiger partial charge in [-0.05, 0) is 42.4 Å². The van der Waals surface area contributed by atoms with Gasteiger partial charge in [0.2, 0.25) is 0 Å². The van der Waals surface area contributed by atoms with Crippen molar-refractivity contribution in [2.45, 2.75) is 39.5 Å². The Morgan fingerprint density at radius 2 is 2.00 bits per heavy atom. The third kappa shape index (κ3) is 2.58. The van der Waals surface area contributed by atoms with Crippen molar-refractivity contribution >= 4 is 0 Å². The van der Waals surface area contributed by atoms with Gasteiger partial charge in [-0.15, -0.1) is 0 Å². The van der Waals surface area contributed by atoms with Crippen LogP contribution in [0.15, 0.2) is 18.2 Å². The second-order valence-corrected chi connectivity index (χ2v) is 3.94. The highest BCUT2D eigenvalue weighted by Crippen LogP contribution is 2.19. The van der Waals surface area contributed by atoms with Crippen LogP contribution in [0.2, 0.25) is 0 Å². The summed E-state index contributed by atoms with van der Waals surface area (Å²) in [6.45, 7) is 10.5. The molecule has 0 saturated heterocycles.